The largest absolute Gasteiger partial charge is 0.413 e. The van der Waals surface area contributed by atoms with Crippen molar-refractivity contribution in [2.24, 2.45) is 5.41 Å². The first kappa shape index (κ1) is 20.3. The fourth-order valence-corrected chi connectivity index (χ4v) is 3.57. The first-order valence-corrected chi connectivity index (χ1v) is 11.6. The van der Waals surface area contributed by atoms with E-state index < -0.39 is 8.32 Å². The lowest BCUT2D eigenvalue weighted by molar-refractivity contribution is -0.116. The van der Waals surface area contributed by atoms with Crippen molar-refractivity contribution in [1.82, 2.24) is 0 Å². The zero-order valence-corrected chi connectivity index (χ0v) is 17.2. The van der Waals surface area contributed by atoms with Crippen LogP contribution >= 0.6 is 15.9 Å². The van der Waals surface area contributed by atoms with E-state index in [1.165, 1.54) is 0 Å². The van der Waals surface area contributed by atoms with Crippen molar-refractivity contribution in [3.05, 3.63) is 0 Å². The van der Waals surface area contributed by atoms with Crippen LogP contribution in [-0.4, -0.2) is 25.5 Å². The van der Waals surface area contributed by atoms with Gasteiger partial charge in [0, 0.05) is 12.5 Å². The van der Waals surface area contributed by atoms with Crippen LogP contribution in [0.25, 0.3) is 0 Å². The summed E-state index contributed by atoms with van der Waals surface area (Å²) in [5.41, 5.74) is 0.118. The van der Waals surface area contributed by atoms with E-state index in [9.17, 15) is 4.79 Å². The highest BCUT2D eigenvalue weighted by Crippen LogP contribution is 2.40. The van der Waals surface area contributed by atoms with Crippen LogP contribution in [0.3, 0.4) is 0 Å². The Morgan fingerprint density at radius 3 is 2.00 bits per heavy atom. The van der Waals surface area contributed by atoms with Crippen LogP contribution in [0.2, 0.25) is 18.1 Å². The number of ketones is 1. The van der Waals surface area contributed by atoms with Crippen LogP contribution in [-0.2, 0) is 9.22 Å². The van der Waals surface area contributed by atoms with Gasteiger partial charge < -0.3 is 4.43 Å². The molecule has 0 N–H and O–H groups in total. The second kappa shape index (κ2) is 7.55. The van der Waals surface area contributed by atoms with Gasteiger partial charge in [0.05, 0.1) is 5.33 Å². The van der Waals surface area contributed by atoms with Crippen molar-refractivity contribution in [2.75, 3.05) is 5.33 Å². The summed E-state index contributed by atoms with van der Waals surface area (Å²) in [4.78, 5) is 11.4. The number of alkyl halides is 1. The van der Waals surface area contributed by atoms with Crippen molar-refractivity contribution in [3.63, 3.8) is 0 Å². The number of carbonyl (C=O) groups excluding carboxylic acids is 1. The lowest BCUT2D eigenvalue weighted by Gasteiger charge is -2.43. The number of rotatable bonds is 7. The molecule has 0 rings (SSSR count). The van der Waals surface area contributed by atoms with Crippen molar-refractivity contribution in [2.45, 2.75) is 85.0 Å². The molecule has 0 aromatic carbocycles. The van der Waals surface area contributed by atoms with Gasteiger partial charge in [-0.05, 0) is 36.4 Å². The molecule has 0 heterocycles. The summed E-state index contributed by atoms with van der Waals surface area (Å²) in [5, 5.41) is 0.693. The third-order valence-electron chi connectivity index (χ3n) is 4.28. The Hall–Kier alpha value is 0.327. The molecule has 0 aromatic rings. The Morgan fingerprint density at radius 2 is 1.65 bits per heavy atom. The van der Waals surface area contributed by atoms with Crippen molar-refractivity contribution in [3.8, 4) is 0 Å². The molecular weight excluding hydrogens is 332 g/mol. The van der Waals surface area contributed by atoms with Crippen LogP contribution in [0.5, 0.6) is 0 Å². The smallest absolute Gasteiger partial charge is 0.192 e. The van der Waals surface area contributed by atoms with Crippen LogP contribution in [0.1, 0.15) is 60.8 Å². The molecule has 0 aliphatic heterocycles. The van der Waals surface area contributed by atoms with E-state index in [2.05, 4.69) is 70.6 Å². The third kappa shape index (κ3) is 6.86. The Labute approximate surface area is 135 Å². The van der Waals surface area contributed by atoms with Crippen LogP contribution in [0, 0.1) is 5.41 Å². The van der Waals surface area contributed by atoms with E-state index in [1.807, 2.05) is 0 Å². The van der Waals surface area contributed by atoms with Gasteiger partial charge in [0.2, 0.25) is 0 Å². The number of Topliss-reactive ketones (excluding diaryl/α,β-unsaturated/α-hetero) is 1. The molecule has 0 bridgehead atoms. The predicted molar refractivity (Wildman–Crippen MR) is 94.2 cm³/mol. The molecule has 0 spiro atoms. The van der Waals surface area contributed by atoms with Crippen LogP contribution < -0.4 is 0 Å². The highest BCUT2D eigenvalue weighted by molar-refractivity contribution is 9.09. The highest BCUT2D eigenvalue weighted by Gasteiger charge is 2.41. The molecule has 0 amide bonds. The third-order valence-corrected chi connectivity index (χ3v) is 9.39. The molecule has 0 aliphatic carbocycles. The summed E-state index contributed by atoms with van der Waals surface area (Å²) in [5.74, 6) is 0.282. The van der Waals surface area contributed by atoms with E-state index in [4.69, 9.17) is 4.43 Å². The molecule has 120 valence electrons. The number of halogens is 1. The molecule has 20 heavy (non-hydrogen) atoms. The fraction of sp³-hybridized carbons (Fsp3) is 0.938. The maximum atomic E-state index is 11.4. The molecule has 0 aliphatic rings. The Morgan fingerprint density at radius 1 is 1.15 bits per heavy atom. The zero-order chi connectivity index (χ0) is 16.2. The van der Waals surface area contributed by atoms with E-state index in [0.717, 1.165) is 12.8 Å². The topological polar surface area (TPSA) is 26.3 Å². The van der Waals surface area contributed by atoms with Gasteiger partial charge in [-0.25, -0.2) is 0 Å². The van der Waals surface area contributed by atoms with Gasteiger partial charge in [0.15, 0.2) is 8.32 Å². The average molecular weight is 365 g/mol. The Bertz CT molecular complexity index is 313. The summed E-state index contributed by atoms with van der Waals surface area (Å²) in [6.07, 6.45) is 2.76. The molecule has 4 heteroatoms. The monoisotopic (exact) mass is 364 g/mol. The van der Waals surface area contributed by atoms with Crippen LogP contribution in [0.4, 0.5) is 0 Å². The SMILES string of the molecule is CC(C)(C)C(CCCC(=O)CBr)O[Si](C)(C)C(C)(C)C. The number of hydrogen-bond acceptors (Lipinski definition) is 2. The minimum absolute atomic E-state index is 0.118. The average Bonchev–Trinajstić information content (AvgIpc) is 2.24. The highest BCUT2D eigenvalue weighted by atomic mass is 79.9. The van der Waals surface area contributed by atoms with Gasteiger partial charge in [-0.2, -0.15) is 0 Å². The molecule has 1 atom stereocenters. The van der Waals surface area contributed by atoms with Gasteiger partial charge >= 0.3 is 0 Å². The van der Waals surface area contributed by atoms with Crippen molar-refractivity contribution in [1.29, 1.82) is 0 Å². The molecule has 0 radical (unpaired) electrons. The van der Waals surface area contributed by atoms with E-state index >= 15 is 0 Å². The number of hydrogen-bond donors (Lipinski definition) is 0. The standard InChI is InChI=1S/C16H33BrO2Si/c1-15(2,3)14(11-9-10-13(18)12-17)19-20(7,8)16(4,5)6/h14H,9-12H2,1-8H3. The van der Waals surface area contributed by atoms with Gasteiger partial charge in [-0.1, -0.05) is 57.5 Å². The summed E-state index contributed by atoms with van der Waals surface area (Å²) < 4.78 is 6.60. The Balaban J connectivity index is 4.72. The van der Waals surface area contributed by atoms with E-state index in [0.29, 0.717) is 11.8 Å². The van der Waals surface area contributed by atoms with Crippen molar-refractivity contribution < 1.29 is 9.22 Å². The molecule has 0 aromatic heterocycles. The van der Waals surface area contributed by atoms with Crippen LogP contribution in [0.15, 0.2) is 0 Å². The predicted octanol–water partition coefficient (Wildman–Crippen LogP) is 5.56. The molecule has 0 fully saturated rings. The van der Waals surface area contributed by atoms with Gasteiger partial charge in [0.1, 0.15) is 5.78 Å². The molecular formula is C16H33BrO2Si. The lowest BCUT2D eigenvalue weighted by atomic mass is 9.86. The quantitative estimate of drug-likeness (QED) is 0.436. The molecule has 0 saturated carbocycles. The summed E-state index contributed by atoms with van der Waals surface area (Å²) >= 11 is 3.22. The van der Waals surface area contributed by atoms with Gasteiger partial charge in [0.25, 0.3) is 0 Å². The second-order valence-corrected chi connectivity index (χ2v) is 13.6. The minimum Gasteiger partial charge on any atom is -0.413 e. The first-order valence-electron chi connectivity index (χ1n) is 7.57. The molecule has 0 saturated heterocycles. The zero-order valence-electron chi connectivity index (χ0n) is 14.6. The first-order chi connectivity index (χ1) is 8.81. The van der Waals surface area contributed by atoms with Crippen molar-refractivity contribution >= 4 is 30.0 Å². The minimum atomic E-state index is -1.76. The van der Waals surface area contributed by atoms with Gasteiger partial charge in [-0.15, -0.1) is 0 Å². The second-order valence-electron chi connectivity index (χ2n) is 8.30. The maximum Gasteiger partial charge on any atom is 0.192 e. The van der Waals surface area contributed by atoms with Gasteiger partial charge in [-0.3, -0.25) is 4.79 Å². The van der Waals surface area contributed by atoms with E-state index in [1.54, 1.807) is 0 Å². The number of carbonyl (C=O) groups is 1. The normalized spacial score (nSPS) is 15.2. The summed E-state index contributed by atoms with van der Waals surface area (Å²) in [6.45, 7) is 18.1. The fourth-order valence-electron chi connectivity index (χ4n) is 1.75. The molecule has 2 nitrogen and oxygen atoms in total. The lowest BCUT2D eigenvalue weighted by Crippen LogP contribution is -2.47. The molecule has 1 unspecified atom stereocenters. The van der Waals surface area contributed by atoms with E-state index in [-0.39, 0.29) is 22.3 Å². The Kier molecular flexibility index (Phi) is 7.67. The summed E-state index contributed by atoms with van der Waals surface area (Å²) in [6, 6.07) is 0. The maximum absolute atomic E-state index is 11.4. The summed E-state index contributed by atoms with van der Waals surface area (Å²) in [7, 11) is -1.76.